The number of nitrogens with two attached hydrogens (primary N) is 1. The summed E-state index contributed by atoms with van der Waals surface area (Å²) < 4.78 is 24.9. The topological polar surface area (TPSA) is 120 Å². The number of hydrogen-bond acceptors (Lipinski definition) is 8. The van der Waals surface area contributed by atoms with Crippen molar-refractivity contribution < 1.29 is 34.0 Å². The van der Waals surface area contributed by atoms with Crippen molar-refractivity contribution in [1.29, 1.82) is 0 Å². The lowest BCUT2D eigenvalue weighted by Crippen LogP contribution is -2.67. The Balaban J connectivity index is 1.09. The summed E-state index contributed by atoms with van der Waals surface area (Å²) in [6, 6.07) is -0.765. The van der Waals surface area contributed by atoms with E-state index in [0.717, 1.165) is 44.9 Å². The van der Waals surface area contributed by atoms with Crippen LogP contribution in [-0.2, 0) is 23.7 Å². The third-order valence-electron chi connectivity index (χ3n) is 12.9. The van der Waals surface area contributed by atoms with Crippen LogP contribution in [0.3, 0.4) is 0 Å². The van der Waals surface area contributed by atoms with Gasteiger partial charge in [0.15, 0.2) is 6.29 Å². The number of aliphatic hydroxyl groups is 2. The van der Waals surface area contributed by atoms with Gasteiger partial charge in [-0.2, -0.15) is 0 Å². The van der Waals surface area contributed by atoms with E-state index in [9.17, 15) is 15.0 Å². The van der Waals surface area contributed by atoms with E-state index in [4.69, 9.17) is 24.7 Å². The van der Waals surface area contributed by atoms with Crippen molar-refractivity contribution >= 4 is 5.97 Å². The van der Waals surface area contributed by atoms with Gasteiger partial charge < -0.3 is 34.9 Å². The number of esters is 1. The highest BCUT2D eigenvalue weighted by Gasteiger charge is 2.73. The first-order valence-electron chi connectivity index (χ1n) is 14.9. The van der Waals surface area contributed by atoms with Gasteiger partial charge in [-0.1, -0.05) is 13.8 Å². The molecular formula is C29H45NO7. The lowest BCUT2D eigenvalue weighted by molar-refractivity contribution is -0.324. The maximum absolute atomic E-state index is 12.2. The standard InChI is InChI=1S/C29H45NO7/c1-14-23(32)22(30)24(33)26(34-14)35-16-6-9-27(2)15(12-16)4-5-20-19(27)7-10-28(3)18-8-11-29(20,28)37-25-17(18)13-21(31)36-25/h14-20,22-26,32-33H,4-13,30H2,1-3H3/t14-,15+,16-,17-,18+,19-,20+,22-,23-,24+,25+,26-,27-,28+,29-/m0/s1. The quantitative estimate of drug-likeness (QED) is 0.376. The molecule has 37 heavy (non-hydrogen) atoms. The lowest BCUT2D eigenvalue weighted by Gasteiger charge is -2.67. The van der Waals surface area contributed by atoms with Crippen LogP contribution in [0.1, 0.15) is 85.0 Å². The van der Waals surface area contributed by atoms with Gasteiger partial charge in [-0.05, 0) is 93.8 Å². The van der Waals surface area contributed by atoms with Crippen LogP contribution in [0.2, 0.25) is 0 Å². The molecule has 7 rings (SSSR count). The highest BCUT2D eigenvalue weighted by molar-refractivity contribution is 5.72. The Bertz CT molecular complexity index is 947. The summed E-state index contributed by atoms with van der Waals surface area (Å²) >= 11 is 0. The van der Waals surface area contributed by atoms with E-state index in [1.165, 1.54) is 12.8 Å². The summed E-state index contributed by atoms with van der Waals surface area (Å²) in [4.78, 5) is 12.2. The molecule has 3 saturated heterocycles. The number of carbonyl (C=O) groups excluding carboxylic acids is 1. The fourth-order valence-corrected chi connectivity index (χ4v) is 10.9. The van der Waals surface area contributed by atoms with Gasteiger partial charge in [-0.25, -0.2) is 0 Å². The number of aliphatic hydroxyl groups excluding tert-OH is 2. The van der Waals surface area contributed by atoms with Crippen molar-refractivity contribution in [3.05, 3.63) is 0 Å². The maximum atomic E-state index is 12.2. The highest BCUT2D eigenvalue weighted by Crippen LogP contribution is 2.74. The maximum Gasteiger partial charge on any atom is 0.308 e. The Kier molecular flexibility index (Phi) is 5.70. The van der Waals surface area contributed by atoms with E-state index in [2.05, 4.69) is 13.8 Å². The van der Waals surface area contributed by atoms with Gasteiger partial charge in [-0.15, -0.1) is 0 Å². The Morgan fingerprint density at radius 2 is 1.76 bits per heavy atom. The van der Waals surface area contributed by atoms with Gasteiger partial charge in [0.2, 0.25) is 6.29 Å². The van der Waals surface area contributed by atoms with E-state index in [-0.39, 0.29) is 40.7 Å². The first-order valence-corrected chi connectivity index (χ1v) is 14.9. The van der Waals surface area contributed by atoms with Crippen LogP contribution in [-0.4, -0.2) is 64.8 Å². The summed E-state index contributed by atoms with van der Waals surface area (Å²) in [6.07, 6.45) is 7.02. The molecule has 2 bridgehead atoms. The molecule has 4 N–H and O–H groups in total. The van der Waals surface area contributed by atoms with Crippen molar-refractivity contribution in [2.45, 2.75) is 134 Å². The van der Waals surface area contributed by atoms with Crippen LogP contribution >= 0.6 is 0 Å². The smallest absolute Gasteiger partial charge is 0.308 e. The first kappa shape index (κ1) is 25.2. The molecule has 0 aromatic rings. The van der Waals surface area contributed by atoms with Gasteiger partial charge in [0.25, 0.3) is 0 Å². The van der Waals surface area contributed by atoms with E-state index in [0.29, 0.717) is 30.1 Å². The predicted octanol–water partition coefficient (Wildman–Crippen LogP) is 2.87. The van der Waals surface area contributed by atoms with Gasteiger partial charge >= 0.3 is 5.97 Å². The van der Waals surface area contributed by atoms with Crippen molar-refractivity contribution in [3.63, 3.8) is 0 Å². The molecule has 0 amide bonds. The molecular weight excluding hydrogens is 474 g/mol. The molecule has 4 saturated carbocycles. The average molecular weight is 520 g/mol. The van der Waals surface area contributed by atoms with E-state index in [1.807, 2.05) is 0 Å². The normalized spacial score (nSPS) is 60.6. The summed E-state index contributed by atoms with van der Waals surface area (Å²) in [5.74, 6) is 2.36. The van der Waals surface area contributed by atoms with Gasteiger partial charge in [-0.3, -0.25) is 4.79 Å². The van der Waals surface area contributed by atoms with Gasteiger partial charge in [0.05, 0.1) is 36.4 Å². The Hall–Kier alpha value is -0.770. The van der Waals surface area contributed by atoms with Crippen LogP contribution in [0.5, 0.6) is 0 Å². The van der Waals surface area contributed by atoms with Crippen LogP contribution in [0, 0.1) is 40.4 Å². The molecule has 7 aliphatic rings. The number of hydrogen-bond donors (Lipinski definition) is 3. The number of rotatable bonds is 2. The first-order chi connectivity index (χ1) is 17.6. The van der Waals surface area contributed by atoms with E-state index in [1.54, 1.807) is 6.92 Å². The van der Waals surface area contributed by atoms with E-state index < -0.39 is 30.6 Å². The second-order valence-corrected chi connectivity index (χ2v) is 14.1. The Labute approximate surface area is 219 Å². The summed E-state index contributed by atoms with van der Waals surface area (Å²) in [6.45, 7) is 6.76. The largest absolute Gasteiger partial charge is 0.435 e. The van der Waals surface area contributed by atoms with Crippen LogP contribution in [0.15, 0.2) is 0 Å². The number of ether oxygens (including phenoxy) is 4. The zero-order valence-electron chi connectivity index (χ0n) is 22.5. The van der Waals surface area contributed by atoms with Gasteiger partial charge in [0, 0.05) is 11.3 Å². The van der Waals surface area contributed by atoms with E-state index >= 15 is 0 Å². The zero-order valence-corrected chi connectivity index (χ0v) is 22.5. The zero-order chi connectivity index (χ0) is 25.9. The summed E-state index contributed by atoms with van der Waals surface area (Å²) in [5, 5.41) is 20.7. The van der Waals surface area contributed by atoms with Crippen molar-refractivity contribution in [3.8, 4) is 0 Å². The average Bonchev–Trinajstić information content (AvgIpc) is 3.32. The minimum atomic E-state index is -1.03. The van der Waals surface area contributed by atoms with Crippen molar-refractivity contribution in [1.82, 2.24) is 0 Å². The molecule has 0 spiro atoms. The van der Waals surface area contributed by atoms with Crippen LogP contribution in [0.25, 0.3) is 0 Å². The molecule has 7 fully saturated rings. The highest BCUT2D eigenvalue weighted by atomic mass is 16.7. The molecule has 0 aromatic carbocycles. The monoisotopic (exact) mass is 519 g/mol. The molecule has 0 aromatic heterocycles. The van der Waals surface area contributed by atoms with Gasteiger partial charge in [0.1, 0.15) is 6.10 Å². The SMILES string of the molecule is C[C@@H]1O[C@@H](O[C@H]2CC[C@@]3(C)[C@H](CC[C@@H]4[C@@H]3CC[C@]3(C)[C@@H]5CC[C@]43O[C@H]3OC(=O)C[C@H]35)C2)[C@H](O)[C@@H](N)[C@H]1O. The van der Waals surface area contributed by atoms with Crippen LogP contribution < -0.4 is 5.73 Å². The molecule has 8 nitrogen and oxygen atoms in total. The molecule has 4 aliphatic carbocycles. The minimum Gasteiger partial charge on any atom is -0.435 e. The summed E-state index contributed by atoms with van der Waals surface area (Å²) in [5.41, 5.74) is 6.25. The molecule has 15 atom stereocenters. The second kappa shape index (κ2) is 8.37. The Morgan fingerprint density at radius 3 is 2.57 bits per heavy atom. The fraction of sp³-hybridized carbons (Fsp3) is 0.966. The third kappa shape index (κ3) is 3.32. The molecule has 8 heteroatoms. The molecule has 3 heterocycles. The lowest BCUT2D eigenvalue weighted by atomic mass is 9.42. The number of fused-ring (bicyclic) bond motifs is 5. The Morgan fingerprint density at radius 1 is 0.973 bits per heavy atom. The predicted molar refractivity (Wildman–Crippen MR) is 133 cm³/mol. The molecule has 208 valence electrons. The molecule has 0 radical (unpaired) electrons. The number of carbonyl (C=O) groups is 1. The second-order valence-electron chi connectivity index (χ2n) is 14.1. The van der Waals surface area contributed by atoms with Crippen molar-refractivity contribution in [2.24, 2.45) is 46.2 Å². The molecule has 0 unspecified atom stereocenters. The van der Waals surface area contributed by atoms with Crippen LogP contribution in [0.4, 0.5) is 0 Å². The van der Waals surface area contributed by atoms with Crippen molar-refractivity contribution in [2.75, 3.05) is 0 Å². The minimum absolute atomic E-state index is 0.0244. The fourth-order valence-electron chi connectivity index (χ4n) is 10.9. The molecule has 3 aliphatic heterocycles. The third-order valence-corrected chi connectivity index (χ3v) is 12.9. The summed E-state index contributed by atoms with van der Waals surface area (Å²) in [7, 11) is 0.